The number of anilines is 2. The average Bonchev–Trinajstić information content (AvgIpc) is 3.28. The van der Waals surface area contributed by atoms with E-state index in [1.165, 1.54) is 18.2 Å². The fraction of sp³-hybridized carbons (Fsp3) is 0.333. The molecule has 0 unspecified atom stereocenters. The highest BCUT2D eigenvalue weighted by Gasteiger charge is 2.28. The summed E-state index contributed by atoms with van der Waals surface area (Å²) in [4.78, 5) is 4.36. The SMILES string of the molecule is CCn1nc(-c2cc(F)c(NS(=O)(=O)Cc3ccccc3F)cc2F)c2c(N)ncc(C3CCC(N)CC3)c21. The van der Waals surface area contributed by atoms with Gasteiger partial charge in [-0.15, -0.1) is 0 Å². The second-order valence-electron chi connectivity index (χ2n) is 9.86. The smallest absolute Gasteiger partial charge is 0.237 e. The predicted molar refractivity (Wildman–Crippen MR) is 145 cm³/mol. The Morgan fingerprint density at radius 3 is 2.46 bits per heavy atom. The summed E-state index contributed by atoms with van der Waals surface area (Å²) in [5.74, 6) is -3.08. The minimum absolute atomic E-state index is 0.0993. The Bertz CT molecular complexity index is 1650. The first kappa shape index (κ1) is 26.9. The summed E-state index contributed by atoms with van der Waals surface area (Å²) >= 11 is 0. The third-order valence-corrected chi connectivity index (χ3v) is 8.44. The molecule has 206 valence electrons. The predicted octanol–water partition coefficient (Wildman–Crippen LogP) is 5.04. The first-order valence-corrected chi connectivity index (χ1v) is 14.4. The number of nitrogens with two attached hydrogens (primary N) is 2. The van der Waals surface area contributed by atoms with Gasteiger partial charge in [-0.1, -0.05) is 18.2 Å². The Balaban J connectivity index is 1.54. The lowest BCUT2D eigenvalue weighted by molar-refractivity contribution is 0.395. The van der Waals surface area contributed by atoms with E-state index < -0.39 is 38.9 Å². The van der Waals surface area contributed by atoms with Crippen LogP contribution in [0.4, 0.5) is 24.7 Å². The lowest BCUT2D eigenvalue weighted by Gasteiger charge is -2.27. The zero-order valence-corrected chi connectivity index (χ0v) is 22.1. The van der Waals surface area contributed by atoms with Gasteiger partial charge >= 0.3 is 0 Å². The highest BCUT2D eigenvalue weighted by molar-refractivity contribution is 7.91. The van der Waals surface area contributed by atoms with E-state index >= 15 is 8.78 Å². The van der Waals surface area contributed by atoms with Crippen molar-refractivity contribution in [3.8, 4) is 11.3 Å². The standard InChI is InChI=1S/C27H29F3N6O2S/c1-2-36-26-19(15-7-9-17(31)10-8-15)13-33-27(32)24(26)25(34-36)18-11-22(30)23(12-21(18)29)35-39(37,38)14-16-5-3-4-6-20(16)28/h3-6,11-13,15,17,35H,2,7-10,14,31H2,1H3,(H2,32,33). The van der Waals surface area contributed by atoms with Crippen LogP contribution in [0.15, 0.2) is 42.6 Å². The van der Waals surface area contributed by atoms with Gasteiger partial charge in [-0.3, -0.25) is 9.40 Å². The van der Waals surface area contributed by atoms with Gasteiger partial charge < -0.3 is 11.5 Å². The number of hydrogen-bond donors (Lipinski definition) is 3. The lowest BCUT2D eigenvalue weighted by atomic mass is 9.82. The fourth-order valence-corrected chi connectivity index (χ4v) is 6.45. The Labute approximate surface area is 224 Å². The molecule has 39 heavy (non-hydrogen) atoms. The molecule has 5 rings (SSSR count). The maximum absolute atomic E-state index is 15.5. The van der Waals surface area contributed by atoms with Crippen LogP contribution in [0.3, 0.4) is 0 Å². The third kappa shape index (κ3) is 5.30. The molecule has 5 N–H and O–H groups in total. The minimum Gasteiger partial charge on any atom is -0.383 e. The number of halogens is 3. The molecule has 4 aromatic rings. The van der Waals surface area contributed by atoms with E-state index in [0.717, 1.165) is 55.0 Å². The number of hydrogen-bond acceptors (Lipinski definition) is 6. The van der Waals surface area contributed by atoms with Gasteiger partial charge in [-0.25, -0.2) is 26.6 Å². The number of fused-ring (bicyclic) bond motifs is 1. The average molecular weight is 559 g/mol. The topological polar surface area (TPSA) is 129 Å². The van der Waals surface area contributed by atoms with Crippen molar-refractivity contribution in [2.45, 2.75) is 56.9 Å². The highest BCUT2D eigenvalue weighted by atomic mass is 32.2. The van der Waals surface area contributed by atoms with E-state index in [1.807, 2.05) is 11.6 Å². The first-order chi connectivity index (χ1) is 18.6. The second kappa shape index (κ2) is 10.5. The molecule has 1 saturated carbocycles. The molecule has 0 bridgehead atoms. The maximum atomic E-state index is 15.5. The zero-order chi connectivity index (χ0) is 27.9. The van der Waals surface area contributed by atoms with Crippen molar-refractivity contribution in [1.82, 2.24) is 14.8 Å². The molecule has 0 radical (unpaired) electrons. The molecule has 8 nitrogen and oxygen atoms in total. The number of nitrogens with zero attached hydrogens (tertiary/aromatic N) is 3. The molecule has 2 aromatic carbocycles. The molecule has 2 heterocycles. The van der Waals surface area contributed by atoms with Crippen LogP contribution in [0.25, 0.3) is 22.2 Å². The summed E-state index contributed by atoms with van der Waals surface area (Å²) in [6.07, 6.45) is 5.21. The minimum atomic E-state index is -4.25. The molecule has 1 aliphatic carbocycles. The fourth-order valence-electron chi connectivity index (χ4n) is 5.24. The van der Waals surface area contributed by atoms with Crippen LogP contribution in [0.5, 0.6) is 0 Å². The molecule has 1 fully saturated rings. The Morgan fingerprint density at radius 1 is 1.05 bits per heavy atom. The lowest BCUT2D eigenvalue weighted by Crippen LogP contribution is -2.26. The molecule has 1 aliphatic rings. The second-order valence-corrected chi connectivity index (χ2v) is 11.6. The van der Waals surface area contributed by atoms with Crippen molar-refractivity contribution in [3.05, 3.63) is 71.2 Å². The number of benzene rings is 2. The molecule has 0 saturated heterocycles. The first-order valence-electron chi connectivity index (χ1n) is 12.7. The number of pyridine rings is 1. The largest absolute Gasteiger partial charge is 0.383 e. The molecular formula is C27H29F3N6O2S. The molecule has 0 spiro atoms. The van der Waals surface area contributed by atoms with Crippen molar-refractivity contribution in [2.75, 3.05) is 10.5 Å². The third-order valence-electron chi connectivity index (χ3n) is 7.22. The normalized spacial score (nSPS) is 18.0. The number of aromatic nitrogens is 3. The van der Waals surface area contributed by atoms with E-state index in [4.69, 9.17) is 11.5 Å². The van der Waals surface area contributed by atoms with Crippen molar-refractivity contribution < 1.29 is 21.6 Å². The molecule has 0 aliphatic heterocycles. The van der Waals surface area contributed by atoms with Crippen molar-refractivity contribution >= 4 is 32.4 Å². The van der Waals surface area contributed by atoms with Gasteiger partial charge in [0.2, 0.25) is 10.0 Å². The number of rotatable bonds is 7. The van der Waals surface area contributed by atoms with Crippen molar-refractivity contribution in [1.29, 1.82) is 0 Å². The number of sulfonamides is 1. The summed E-state index contributed by atoms with van der Waals surface area (Å²) in [7, 11) is -4.25. The summed E-state index contributed by atoms with van der Waals surface area (Å²) in [6, 6.07) is 7.11. The van der Waals surface area contributed by atoms with Crippen LogP contribution in [0, 0.1) is 17.5 Å². The summed E-state index contributed by atoms with van der Waals surface area (Å²) in [5.41, 5.74) is 13.2. The van der Waals surface area contributed by atoms with Crippen LogP contribution >= 0.6 is 0 Å². The Kier molecular flexibility index (Phi) is 7.25. The molecule has 0 atom stereocenters. The summed E-state index contributed by atoms with van der Waals surface area (Å²) < 4.78 is 73.5. The Hall–Kier alpha value is -3.64. The van der Waals surface area contributed by atoms with Crippen LogP contribution in [-0.4, -0.2) is 29.2 Å². The van der Waals surface area contributed by atoms with E-state index in [1.54, 1.807) is 10.9 Å². The molecule has 0 amide bonds. The summed E-state index contributed by atoms with van der Waals surface area (Å²) in [5, 5.41) is 4.98. The van der Waals surface area contributed by atoms with Gasteiger partial charge in [0, 0.05) is 36.0 Å². The van der Waals surface area contributed by atoms with Gasteiger partial charge in [0.25, 0.3) is 0 Å². The van der Waals surface area contributed by atoms with Crippen LogP contribution in [0.2, 0.25) is 0 Å². The quantitative estimate of drug-likeness (QED) is 0.291. The number of aryl methyl sites for hydroxylation is 1. The van der Waals surface area contributed by atoms with Crippen LogP contribution in [-0.2, 0) is 22.3 Å². The highest BCUT2D eigenvalue weighted by Crippen LogP contribution is 2.41. The molecular weight excluding hydrogens is 529 g/mol. The van der Waals surface area contributed by atoms with E-state index in [0.29, 0.717) is 11.9 Å². The monoisotopic (exact) mass is 558 g/mol. The number of nitrogen functional groups attached to an aromatic ring is 1. The van der Waals surface area contributed by atoms with Gasteiger partial charge in [0.05, 0.1) is 22.3 Å². The van der Waals surface area contributed by atoms with Gasteiger partial charge in [0.1, 0.15) is 29.0 Å². The van der Waals surface area contributed by atoms with Crippen LogP contribution < -0.4 is 16.2 Å². The van der Waals surface area contributed by atoms with E-state index in [-0.39, 0.29) is 34.6 Å². The van der Waals surface area contributed by atoms with E-state index in [2.05, 4.69) is 10.1 Å². The Morgan fingerprint density at radius 2 is 1.77 bits per heavy atom. The maximum Gasteiger partial charge on any atom is 0.237 e. The zero-order valence-electron chi connectivity index (χ0n) is 21.3. The number of nitrogens with one attached hydrogen (secondary N) is 1. The van der Waals surface area contributed by atoms with Gasteiger partial charge in [0.15, 0.2) is 0 Å². The van der Waals surface area contributed by atoms with Crippen LogP contribution in [0.1, 0.15) is 49.7 Å². The van der Waals surface area contributed by atoms with Gasteiger partial charge in [-0.2, -0.15) is 5.10 Å². The molecule has 12 heteroatoms. The summed E-state index contributed by atoms with van der Waals surface area (Å²) in [6.45, 7) is 2.34. The molecule has 2 aromatic heterocycles. The van der Waals surface area contributed by atoms with Gasteiger partial charge in [-0.05, 0) is 56.2 Å². The van der Waals surface area contributed by atoms with E-state index in [9.17, 15) is 12.8 Å². The van der Waals surface area contributed by atoms with Crippen molar-refractivity contribution in [2.24, 2.45) is 5.73 Å². The van der Waals surface area contributed by atoms with Crippen molar-refractivity contribution in [3.63, 3.8) is 0 Å².